The molecule has 106 valence electrons. The van der Waals surface area contributed by atoms with Gasteiger partial charge in [-0.15, -0.1) is 0 Å². The number of carbonyl (C=O) groups is 1. The fourth-order valence-corrected chi connectivity index (χ4v) is 2.16. The van der Waals surface area contributed by atoms with Crippen LogP contribution < -0.4 is 0 Å². The van der Waals surface area contributed by atoms with Crippen LogP contribution >= 0.6 is 0 Å². The van der Waals surface area contributed by atoms with Crippen molar-refractivity contribution >= 4 is 5.91 Å². The zero-order valence-electron chi connectivity index (χ0n) is 12.0. The fourth-order valence-electron chi connectivity index (χ4n) is 2.16. The summed E-state index contributed by atoms with van der Waals surface area (Å²) >= 11 is 0. The van der Waals surface area contributed by atoms with E-state index in [1.165, 1.54) is 17.7 Å². The van der Waals surface area contributed by atoms with Gasteiger partial charge in [-0.05, 0) is 18.9 Å². The van der Waals surface area contributed by atoms with Gasteiger partial charge in [0, 0.05) is 13.2 Å². The van der Waals surface area contributed by atoms with Gasteiger partial charge in [0.2, 0.25) is 0 Å². The third-order valence-corrected chi connectivity index (χ3v) is 3.12. The molecule has 0 aliphatic heterocycles. The molecule has 5 nitrogen and oxygen atoms in total. The molecule has 0 bridgehead atoms. The first-order valence-electron chi connectivity index (χ1n) is 6.52. The number of aromatic nitrogens is 2. The van der Waals surface area contributed by atoms with Gasteiger partial charge in [0.05, 0.1) is 24.9 Å². The van der Waals surface area contributed by atoms with Gasteiger partial charge in [0.25, 0.3) is 5.91 Å². The molecule has 1 amide bonds. The first-order valence-corrected chi connectivity index (χ1v) is 6.52. The SMILES string of the molecule is CON(C(=O)c1cnn(C)c1)C(C)Cc1ccccc1. The first-order chi connectivity index (χ1) is 9.61. The van der Waals surface area contributed by atoms with Gasteiger partial charge in [0.15, 0.2) is 0 Å². The minimum atomic E-state index is -0.177. The van der Waals surface area contributed by atoms with Crippen molar-refractivity contribution in [2.75, 3.05) is 7.11 Å². The summed E-state index contributed by atoms with van der Waals surface area (Å²) in [6.07, 6.45) is 3.97. The maximum Gasteiger partial charge on any atom is 0.280 e. The Morgan fingerprint density at radius 1 is 1.40 bits per heavy atom. The van der Waals surface area contributed by atoms with Crippen molar-refractivity contribution < 1.29 is 9.63 Å². The first kappa shape index (κ1) is 14.3. The lowest BCUT2D eigenvalue weighted by atomic mass is 10.1. The molecule has 0 aliphatic rings. The molecule has 1 aromatic heterocycles. The van der Waals surface area contributed by atoms with Crippen molar-refractivity contribution in [3.8, 4) is 0 Å². The highest BCUT2D eigenvalue weighted by Gasteiger charge is 2.23. The van der Waals surface area contributed by atoms with Crippen LogP contribution in [0.15, 0.2) is 42.7 Å². The number of nitrogens with zero attached hydrogens (tertiary/aromatic N) is 3. The van der Waals surface area contributed by atoms with Gasteiger partial charge >= 0.3 is 0 Å². The number of aryl methyl sites for hydroxylation is 1. The van der Waals surface area contributed by atoms with Crippen LogP contribution in [0, 0.1) is 0 Å². The Morgan fingerprint density at radius 2 is 2.10 bits per heavy atom. The lowest BCUT2D eigenvalue weighted by Crippen LogP contribution is -2.38. The van der Waals surface area contributed by atoms with Gasteiger partial charge in [-0.1, -0.05) is 30.3 Å². The fraction of sp³-hybridized carbons (Fsp3) is 0.333. The summed E-state index contributed by atoms with van der Waals surface area (Å²) in [5.41, 5.74) is 1.69. The summed E-state index contributed by atoms with van der Waals surface area (Å²) in [6.45, 7) is 1.96. The highest BCUT2D eigenvalue weighted by Crippen LogP contribution is 2.12. The smallest absolute Gasteiger partial charge is 0.275 e. The van der Waals surface area contributed by atoms with Crippen molar-refractivity contribution in [1.29, 1.82) is 0 Å². The van der Waals surface area contributed by atoms with Crippen LogP contribution in [-0.2, 0) is 18.3 Å². The zero-order chi connectivity index (χ0) is 14.5. The van der Waals surface area contributed by atoms with Gasteiger partial charge in [-0.2, -0.15) is 5.10 Å². The Kier molecular flexibility index (Phi) is 4.53. The number of hydroxylamine groups is 2. The van der Waals surface area contributed by atoms with E-state index in [1.54, 1.807) is 24.1 Å². The van der Waals surface area contributed by atoms with Crippen molar-refractivity contribution in [3.63, 3.8) is 0 Å². The minimum absolute atomic E-state index is 0.0601. The summed E-state index contributed by atoms with van der Waals surface area (Å²) in [6, 6.07) is 9.97. The highest BCUT2D eigenvalue weighted by atomic mass is 16.7. The summed E-state index contributed by atoms with van der Waals surface area (Å²) in [7, 11) is 3.29. The van der Waals surface area contributed by atoms with Gasteiger partial charge in [-0.25, -0.2) is 5.06 Å². The molecule has 2 rings (SSSR count). The van der Waals surface area contributed by atoms with Crippen LogP contribution in [0.1, 0.15) is 22.8 Å². The van der Waals surface area contributed by atoms with E-state index in [1.807, 2.05) is 37.3 Å². The molecule has 1 unspecified atom stereocenters. The summed E-state index contributed by atoms with van der Waals surface area (Å²) in [5.74, 6) is -0.177. The Labute approximate surface area is 118 Å². The lowest BCUT2D eigenvalue weighted by Gasteiger charge is -2.26. The lowest BCUT2D eigenvalue weighted by molar-refractivity contribution is -0.119. The third kappa shape index (κ3) is 3.24. The molecule has 1 aromatic carbocycles. The van der Waals surface area contributed by atoms with Crippen LogP contribution in [0.25, 0.3) is 0 Å². The van der Waals surface area contributed by atoms with E-state index < -0.39 is 0 Å². The van der Waals surface area contributed by atoms with E-state index in [4.69, 9.17) is 4.84 Å². The van der Waals surface area contributed by atoms with Crippen molar-refractivity contribution in [2.24, 2.45) is 7.05 Å². The second-order valence-electron chi connectivity index (χ2n) is 4.75. The predicted octanol–water partition coefficient (Wildman–Crippen LogP) is 2.05. The molecule has 0 spiro atoms. The van der Waals surface area contributed by atoms with Crippen LogP contribution in [0.2, 0.25) is 0 Å². The van der Waals surface area contributed by atoms with Crippen molar-refractivity contribution in [3.05, 3.63) is 53.9 Å². The van der Waals surface area contributed by atoms with Crippen LogP contribution in [0.5, 0.6) is 0 Å². The average Bonchev–Trinajstić information content (AvgIpc) is 2.87. The maximum absolute atomic E-state index is 12.4. The molecule has 0 saturated heterocycles. The second-order valence-corrected chi connectivity index (χ2v) is 4.75. The number of hydrogen-bond acceptors (Lipinski definition) is 3. The Balaban J connectivity index is 2.09. The standard InChI is InChI=1S/C15H19N3O2/c1-12(9-13-7-5-4-6-8-13)18(20-3)15(19)14-10-16-17(2)11-14/h4-8,10-12H,9H2,1-3H3. The normalized spacial score (nSPS) is 12.2. The minimum Gasteiger partial charge on any atom is -0.275 e. The van der Waals surface area contributed by atoms with E-state index in [9.17, 15) is 4.79 Å². The molecule has 0 fully saturated rings. The second kappa shape index (κ2) is 6.34. The van der Waals surface area contributed by atoms with Crippen LogP contribution in [0.4, 0.5) is 0 Å². The number of benzene rings is 1. The van der Waals surface area contributed by atoms with Crippen molar-refractivity contribution in [1.82, 2.24) is 14.8 Å². The summed E-state index contributed by atoms with van der Waals surface area (Å²) in [5, 5.41) is 5.40. The maximum atomic E-state index is 12.4. The van der Waals surface area contributed by atoms with E-state index in [0.717, 1.165) is 6.42 Å². The van der Waals surface area contributed by atoms with E-state index in [0.29, 0.717) is 5.56 Å². The molecule has 5 heteroatoms. The van der Waals surface area contributed by atoms with E-state index in [-0.39, 0.29) is 11.9 Å². The summed E-state index contributed by atoms with van der Waals surface area (Å²) < 4.78 is 1.60. The molecule has 1 heterocycles. The Morgan fingerprint density at radius 3 is 2.65 bits per heavy atom. The summed E-state index contributed by atoms with van der Waals surface area (Å²) in [4.78, 5) is 17.6. The molecule has 20 heavy (non-hydrogen) atoms. The third-order valence-electron chi connectivity index (χ3n) is 3.12. The number of rotatable bonds is 5. The zero-order valence-corrected chi connectivity index (χ0v) is 12.0. The molecule has 1 atom stereocenters. The van der Waals surface area contributed by atoms with Crippen LogP contribution in [-0.4, -0.2) is 33.9 Å². The topological polar surface area (TPSA) is 47.4 Å². The number of amides is 1. The number of carbonyl (C=O) groups excluding carboxylic acids is 1. The quantitative estimate of drug-likeness (QED) is 0.783. The Bertz CT molecular complexity index is 566. The average molecular weight is 273 g/mol. The monoisotopic (exact) mass is 273 g/mol. The molecular weight excluding hydrogens is 254 g/mol. The molecular formula is C15H19N3O2. The molecule has 0 N–H and O–H groups in total. The van der Waals surface area contributed by atoms with E-state index in [2.05, 4.69) is 5.10 Å². The number of hydrogen-bond donors (Lipinski definition) is 0. The van der Waals surface area contributed by atoms with Crippen LogP contribution in [0.3, 0.4) is 0 Å². The van der Waals surface area contributed by atoms with E-state index >= 15 is 0 Å². The van der Waals surface area contributed by atoms with Gasteiger partial charge in [0.1, 0.15) is 0 Å². The highest BCUT2D eigenvalue weighted by molar-refractivity contribution is 5.93. The van der Waals surface area contributed by atoms with Gasteiger partial charge in [-0.3, -0.25) is 14.3 Å². The Hall–Kier alpha value is -2.14. The molecule has 0 saturated carbocycles. The van der Waals surface area contributed by atoms with Crippen molar-refractivity contribution in [2.45, 2.75) is 19.4 Å². The molecule has 2 aromatic rings. The largest absolute Gasteiger partial charge is 0.280 e. The molecule has 0 aliphatic carbocycles. The molecule has 0 radical (unpaired) electrons. The predicted molar refractivity (Wildman–Crippen MR) is 76.0 cm³/mol. The van der Waals surface area contributed by atoms with Gasteiger partial charge < -0.3 is 0 Å².